The number of nitrogens with zero attached hydrogens (tertiary/aromatic N) is 2. The molecule has 1 saturated heterocycles. The van der Waals surface area contributed by atoms with Crippen molar-refractivity contribution in [3.63, 3.8) is 0 Å². The van der Waals surface area contributed by atoms with Crippen molar-refractivity contribution in [1.82, 2.24) is 9.88 Å². The molecule has 7 heteroatoms. The first kappa shape index (κ1) is 21.1. The van der Waals surface area contributed by atoms with E-state index in [1.807, 2.05) is 30.3 Å². The lowest BCUT2D eigenvalue weighted by atomic mass is 9.85. The number of halogens is 1. The molecule has 6 rings (SSSR count). The summed E-state index contributed by atoms with van der Waals surface area (Å²) in [6.45, 7) is 0. The zero-order chi connectivity index (χ0) is 23.4. The maximum absolute atomic E-state index is 13.5. The van der Waals surface area contributed by atoms with Crippen molar-refractivity contribution in [2.45, 2.75) is 18.9 Å². The van der Waals surface area contributed by atoms with Gasteiger partial charge < -0.3 is 5.32 Å². The van der Waals surface area contributed by atoms with Crippen molar-refractivity contribution in [2.75, 3.05) is 5.32 Å². The summed E-state index contributed by atoms with van der Waals surface area (Å²) in [4.78, 5) is 45.7. The standard InChI is InChI=1S/C27H22ClN3O3/c28-19-5-1-3-16(12-19)22(31-26(33)24-17-6-7-18(11-17)25(24)27(31)34)14-23(32)30-20-8-9-21-15(13-20)4-2-10-29-21/h1-10,12-13,17-18,22,24-25H,11,14H2,(H,30,32). The van der Waals surface area contributed by atoms with E-state index in [2.05, 4.69) is 22.5 Å². The van der Waals surface area contributed by atoms with Gasteiger partial charge in [0.2, 0.25) is 17.7 Å². The third kappa shape index (κ3) is 3.41. The highest BCUT2D eigenvalue weighted by molar-refractivity contribution is 6.30. The number of fused-ring (bicyclic) bond motifs is 6. The molecule has 1 saturated carbocycles. The normalized spacial score (nSPS) is 25.7. The first-order valence-corrected chi connectivity index (χ1v) is 11.8. The molecule has 3 aromatic rings. The zero-order valence-electron chi connectivity index (χ0n) is 18.2. The van der Waals surface area contributed by atoms with Crippen LogP contribution in [0.4, 0.5) is 5.69 Å². The van der Waals surface area contributed by atoms with Crippen LogP contribution < -0.4 is 5.32 Å². The summed E-state index contributed by atoms with van der Waals surface area (Å²) in [5.74, 6) is -1.07. The minimum atomic E-state index is -0.717. The molecule has 0 radical (unpaired) electrons. The number of hydrogen-bond acceptors (Lipinski definition) is 4. The molecule has 2 heterocycles. The van der Waals surface area contributed by atoms with E-state index >= 15 is 0 Å². The van der Waals surface area contributed by atoms with Gasteiger partial charge in [-0.25, -0.2) is 0 Å². The highest BCUT2D eigenvalue weighted by Gasteiger charge is 2.60. The van der Waals surface area contributed by atoms with Crippen LogP contribution in [0, 0.1) is 23.7 Å². The molecular formula is C27H22ClN3O3. The Morgan fingerprint density at radius 3 is 2.53 bits per heavy atom. The summed E-state index contributed by atoms with van der Waals surface area (Å²) in [5.41, 5.74) is 2.14. The maximum Gasteiger partial charge on any atom is 0.234 e. The summed E-state index contributed by atoms with van der Waals surface area (Å²) in [5, 5.41) is 4.32. The van der Waals surface area contributed by atoms with Crippen LogP contribution in [-0.4, -0.2) is 27.6 Å². The van der Waals surface area contributed by atoms with Crippen LogP contribution in [0.2, 0.25) is 5.02 Å². The quantitative estimate of drug-likeness (QED) is 0.429. The summed E-state index contributed by atoms with van der Waals surface area (Å²) >= 11 is 6.24. The number of pyridine rings is 1. The van der Waals surface area contributed by atoms with Gasteiger partial charge in [-0.3, -0.25) is 24.3 Å². The topological polar surface area (TPSA) is 79.4 Å². The van der Waals surface area contributed by atoms with Crippen molar-refractivity contribution in [1.29, 1.82) is 0 Å². The van der Waals surface area contributed by atoms with Gasteiger partial charge in [-0.15, -0.1) is 0 Å². The summed E-state index contributed by atoms with van der Waals surface area (Å²) in [6.07, 6.45) is 6.66. The number of anilines is 1. The number of aromatic nitrogens is 1. The van der Waals surface area contributed by atoms with E-state index in [1.54, 1.807) is 30.5 Å². The average molecular weight is 472 g/mol. The van der Waals surface area contributed by atoms with Crippen LogP contribution in [0.1, 0.15) is 24.4 Å². The molecule has 5 unspecified atom stereocenters. The number of carbonyl (C=O) groups excluding carboxylic acids is 3. The third-order valence-corrected chi connectivity index (χ3v) is 7.55. The van der Waals surface area contributed by atoms with Crippen molar-refractivity contribution >= 4 is 45.9 Å². The van der Waals surface area contributed by atoms with E-state index in [-0.39, 0.29) is 47.8 Å². The number of likely N-dealkylation sites (tertiary alicyclic amines) is 1. The van der Waals surface area contributed by atoms with E-state index < -0.39 is 6.04 Å². The molecule has 2 fully saturated rings. The van der Waals surface area contributed by atoms with E-state index in [0.717, 1.165) is 17.3 Å². The molecule has 1 N–H and O–H groups in total. The van der Waals surface area contributed by atoms with Crippen molar-refractivity contribution in [2.24, 2.45) is 23.7 Å². The molecule has 170 valence electrons. The fourth-order valence-electron chi connectivity index (χ4n) is 5.85. The number of imide groups is 1. The molecular weight excluding hydrogens is 450 g/mol. The van der Waals surface area contributed by atoms with Crippen molar-refractivity contribution in [3.05, 3.63) is 83.5 Å². The molecule has 3 amide bonds. The molecule has 2 bridgehead atoms. The Labute approximate surface area is 201 Å². The Balaban J connectivity index is 1.29. The summed E-state index contributed by atoms with van der Waals surface area (Å²) in [6, 6.07) is 15.6. The van der Waals surface area contributed by atoms with E-state index in [4.69, 9.17) is 11.6 Å². The molecule has 5 atom stereocenters. The first-order chi connectivity index (χ1) is 16.5. The Bertz CT molecular complexity index is 1340. The Hall–Kier alpha value is -3.51. The van der Waals surface area contributed by atoms with E-state index in [0.29, 0.717) is 16.3 Å². The van der Waals surface area contributed by atoms with Gasteiger partial charge in [0.05, 0.1) is 29.8 Å². The van der Waals surface area contributed by atoms with Gasteiger partial charge in [-0.2, -0.15) is 0 Å². The van der Waals surface area contributed by atoms with Gasteiger partial charge in [0, 0.05) is 22.3 Å². The van der Waals surface area contributed by atoms with Gasteiger partial charge in [0.1, 0.15) is 0 Å². The SMILES string of the molecule is O=C(CC(c1cccc(Cl)c1)N1C(=O)C2C3C=CC(C3)C2C1=O)Nc1ccc2ncccc2c1. The Morgan fingerprint density at radius 1 is 1.03 bits per heavy atom. The molecule has 6 nitrogen and oxygen atoms in total. The lowest BCUT2D eigenvalue weighted by Gasteiger charge is -2.28. The zero-order valence-corrected chi connectivity index (χ0v) is 19.0. The molecule has 1 aromatic heterocycles. The minimum absolute atomic E-state index is 0.0505. The Kier molecular flexibility index (Phi) is 4.99. The number of amides is 3. The molecule has 34 heavy (non-hydrogen) atoms. The lowest BCUT2D eigenvalue weighted by molar-refractivity contribution is -0.144. The molecule has 1 aliphatic heterocycles. The fourth-order valence-corrected chi connectivity index (χ4v) is 6.04. The highest BCUT2D eigenvalue weighted by Crippen LogP contribution is 2.54. The lowest BCUT2D eigenvalue weighted by Crippen LogP contribution is -2.38. The largest absolute Gasteiger partial charge is 0.326 e. The first-order valence-electron chi connectivity index (χ1n) is 11.4. The summed E-state index contributed by atoms with van der Waals surface area (Å²) in [7, 11) is 0. The summed E-state index contributed by atoms with van der Waals surface area (Å²) < 4.78 is 0. The monoisotopic (exact) mass is 471 g/mol. The number of rotatable bonds is 5. The Morgan fingerprint density at radius 2 is 1.79 bits per heavy atom. The number of nitrogens with one attached hydrogen (secondary N) is 1. The predicted molar refractivity (Wildman–Crippen MR) is 129 cm³/mol. The van der Waals surface area contributed by atoms with Gasteiger partial charge >= 0.3 is 0 Å². The van der Waals surface area contributed by atoms with Crippen molar-refractivity contribution < 1.29 is 14.4 Å². The number of hydrogen-bond donors (Lipinski definition) is 1. The number of benzene rings is 2. The van der Waals surface area contributed by atoms with E-state index in [1.165, 1.54) is 4.90 Å². The number of carbonyl (C=O) groups is 3. The smallest absolute Gasteiger partial charge is 0.234 e. The van der Waals surface area contributed by atoms with Gasteiger partial charge in [-0.1, -0.05) is 42.0 Å². The van der Waals surface area contributed by atoms with Crippen LogP contribution in [0.5, 0.6) is 0 Å². The molecule has 2 aromatic carbocycles. The highest BCUT2D eigenvalue weighted by atomic mass is 35.5. The molecule has 2 aliphatic carbocycles. The van der Waals surface area contributed by atoms with Crippen LogP contribution in [0.25, 0.3) is 10.9 Å². The van der Waals surface area contributed by atoms with Gasteiger partial charge in [0.25, 0.3) is 0 Å². The second-order valence-corrected chi connectivity index (χ2v) is 9.72. The van der Waals surface area contributed by atoms with Gasteiger partial charge in [-0.05, 0) is 60.2 Å². The maximum atomic E-state index is 13.5. The van der Waals surface area contributed by atoms with E-state index in [9.17, 15) is 14.4 Å². The van der Waals surface area contributed by atoms with Crippen LogP contribution in [0.3, 0.4) is 0 Å². The molecule has 3 aliphatic rings. The van der Waals surface area contributed by atoms with Gasteiger partial charge in [0.15, 0.2) is 0 Å². The second-order valence-electron chi connectivity index (χ2n) is 9.28. The minimum Gasteiger partial charge on any atom is -0.326 e. The third-order valence-electron chi connectivity index (χ3n) is 7.32. The fraction of sp³-hybridized carbons (Fsp3) is 0.259. The van der Waals surface area contributed by atoms with Crippen LogP contribution >= 0.6 is 11.6 Å². The number of allylic oxidation sites excluding steroid dienone is 2. The second kappa shape index (κ2) is 8.06. The van der Waals surface area contributed by atoms with Crippen molar-refractivity contribution in [3.8, 4) is 0 Å². The van der Waals surface area contributed by atoms with Crippen LogP contribution in [-0.2, 0) is 14.4 Å². The molecule has 0 spiro atoms. The average Bonchev–Trinajstić information content (AvgIpc) is 3.51. The van der Waals surface area contributed by atoms with Crippen LogP contribution in [0.15, 0.2) is 72.9 Å². The predicted octanol–water partition coefficient (Wildman–Crippen LogP) is 4.77.